The van der Waals surface area contributed by atoms with E-state index in [1.54, 1.807) is 30.8 Å². The average molecular weight is 704 g/mol. The number of benzene rings is 1. The van der Waals surface area contributed by atoms with Gasteiger partial charge in [0.25, 0.3) is 0 Å². The number of likely N-dealkylation sites (tertiary alicyclic amines) is 1. The molecule has 2 fully saturated rings. The summed E-state index contributed by atoms with van der Waals surface area (Å²) in [5, 5.41) is 23.7. The zero-order valence-corrected chi connectivity index (χ0v) is 28.9. The number of fused-ring (bicyclic) bond motifs is 5. The topological polar surface area (TPSA) is 171 Å². The maximum atomic E-state index is 15.8. The number of carboxylic acids is 1. The first-order chi connectivity index (χ1) is 25.0. The molecule has 14 heteroatoms. The number of ketones is 1. The first-order valence-corrected chi connectivity index (χ1v) is 17.0. The Balaban J connectivity index is 1.50. The average Bonchev–Trinajstić information content (AvgIpc) is 3.86. The van der Waals surface area contributed by atoms with Crippen LogP contribution in [0, 0.1) is 30.0 Å². The van der Waals surface area contributed by atoms with Crippen LogP contribution in [-0.2, 0) is 11.3 Å². The number of nitrogens with one attached hydrogen (secondary N) is 1. The summed E-state index contributed by atoms with van der Waals surface area (Å²) in [4.78, 5) is 52.6. The summed E-state index contributed by atoms with van der Waals surface area (Å²) >= 11 is 0. The number of hydrogen-bond donors (Lipinski definition) is 2. The molecule has 1 aliphatic carbocycles. The number of aliphatic carboxylic acids is 1. The molecule has 52 heavy (non-hydrogen) atoms. The number of carbonyl (C=O) groups excluding carboxylic acids is 1. The molecule has 4 aliphatic heterocycles. The molecule has 264 valence electrons. The third-order valence-electron chi connectivity index (χ3n) is 10.6. The second-order valence-electron chi connectivity index (χ2n) is 13.6. The Hall–Kier alpha value is -6.07. The van der Waals surface area contributed by atoms with Gasteiger partial charge in [-0.3, -0.25) is 9.78 Å². The molecule has 0 spiro atoms. The van der Waals surface area contributed by atoms with E-state index in [1.807, 2.05) is 19.2 Å². The van der Waals surface area contributed by atoms with Gasteiger partial charge in [-0.2, -0.15) is 5.26 Å². The van der Waals surface area contributed by atoms with Gasteiger partial charge < -0.3 is 33.6 Å². The molecule has 2 aromatic heterocycles. The molecule has 0 saturated carbocycles. The highest BCUT2D eigenvalue weighted by Gasteiger charge is 2.43. The largest absolute Gasteiger partial charge is 0.519 e. The molecule has 0 radical (unpaired) electrons. The lowest BCUT2D eigenvalue weighted by Crippen LogP contribution is -2.35. The van der Waals surface area contributed by atoms with Crippen LogP contribution in [0.2, 0.25) is 0 Å². The number of Topliss-reactive ketones (excluding diaryl/α,β-unsaturated/α-hetero) is 1. The Morgan fingerprint density at radius 2 is 2.04 bits per heavy atom. The van der Waals surface area contributed by atoms with Crippen LogP contribution in [0.15, 0.2) is 55.9 Å². The summed E-state index contributed by atoms with van der Waals surface area (Å²) in [6.07, 6.45) is 7.83. The Kier molecular flexibility index (Phi) is 7.83. The molecule has 0 unspecified atom stereocenters. The van der Waals surface area contributed by atoms with E-state index in [-0.39, 0.29) is 47.2 Å². The highest BCUT2D eigenvalue weighted by molar-refractivity contribution is 6.25. The number of halogens is 1. The van der Waals surface area contributed by atoms with Crippen LogP contribution in [0.1, 0.15) is 52.9 Å². The van der Waals surface area contributed by atoms with Gasteiger partial charge in [-0.15, -0.1) is 0 Å². The van der Waals surface area contributed by atoms with E-state index >= 15 is 4.39 Å². The first kappa shape index (κ1) is 33.1. The minimum absolute atomic E-state index is 0.00928. The van der Waals surface area contributed by atoms with Crippen molar-refractivity contribution in [3.05, 3.63) is 87.0 Å². The summed E-state index contributed by atoms with van der Waals surface area (Å²) < 4.78 is 28.2. The van der Waals surface area contributed by atoms with Crippen molar-refractivity contribution in [3.8, 4) is 28.6 Å². The number of likely N-dealkylation sites (N-methyl/N-ethyl adjacent to an activating group) is 1. The van der Waals surface area contributed by atoms with Crippen molar-refractivity contribution in [1.29, 1.82) is 5.26 Å². The lowest BCUT2D eigenvalue weighted by molar-refractivity contribution is -0.132. The van der Waals surface area contributed by atoms with Crippen LogP contribution in [0.4, 0.5) is 15.8 Å². The summed E-state index contributed by atoms with van der Waals surface area (Å²) in [5.74, 6) is -2.29. The molecule has 1 aromatic carbocycles. The summed E-state index contributed by atoms with van der Waals surface area (Å²) in [6, 6.07) is 5.07. The van der Waals surface area contributed by atoms with Gasteiger partial charge in [0.05, 0.1) is 40.3 Å². The molecular weight excluding hydrogens is 669 g/mol. The predicted octanol–water partition coefficient (Wildman–Crippen LogP) is 5.30. The molecule has 2 N–H and O–H groups in total. The van der Waals surface area contributed by atoms with Gasteiger partial charge in [-0.05, 0) is 51.3 Å². The van der Waals surface area contributed by atoms with Crippen LogP contribution in [0.5, 0.6) is 0 Å². The predicted molar refractivity (Wildman–Crippen MR) is 190 cm³/mol. The number of hydrogen-bond acceptors (Lipinski definition) is 11. The highest BCUT2D eigenvalue weighted by atomic mass is 19.1. The third-order valence-corrected chi connectivity index (χ3v) is 10.6. The number of carbonyl (C=O) groups is 2. The number of nitriles is 1. The molecule has 13 nitrogen and oxygen atoms in total. The maximum Gasteiger partial charge on any atom is 0.519 e. The smallest absolute Gasteiger partial charge is 0.478 e. The number of rotatable bonds is 6. The monoisotopic (exact) mass is 703 g/mol. The van der Waals surface area contributed by atoms with Crippen LogP contribution < -0.4 is 16.0 Å². The molecular formula is C38H34FN7O6. The van der Waals surface area contributed by atoms with Gasteiger partial charge in [0.2, 0.25) is 5.78 Å². The van der Waals surface area contributed by atoms with E-state index in [4.69, 9.17) is 18.8 Å². The molecule has 0 amide bonds. The SMILES string of the molecule is C/C=C1/CC=C(C(=O)O)C(=O)c2cc(-c3cn(Cc4oc(=O)oc4C)c4nc5c(NC)cc(F)c(C#N)c5c-4c3N3CC[C@H]4CN(C)C[C@H]43)cnc21. The third kappa shape index (κ3) is 5.03. The van der Waals surface area contributed by atoms with Crippen LogP contribution in [0.3, 0.4) is 0 Å². The fourth-order valence-electron chi connectivity index (χ4n) is 8.20. The molecule has 0 bridgehead atoms. The fourth-order valence-corrected chi connectivity index (χ4v) is 8.20. The summed E-state index contributed by atoms with van der Waals surface area (Å²) in [5.41, 5.74) is 3.79. The number of nitrogens with zero attached hydrogens (tertiary/aromatic N) is 6. The van der Waals surface area contributed by atoms with Crippen LogP contribution in [0.25, 0.3) is 39.0 Å². The quantitative estimate of drug-likeness (QED) is 0.219. The van der Waals surface area contributed by atoms with Crippen molar-refractivity contribution in [1.82, 2.24) is 19.4 Å². The minimum Gasteiger partial charge on any atom is -0.478 e. The Morgan fingerprint density at radius 1 is 1.23 bits per heavy atom. The van der Waals surface area contributed by atoms with E-state index in [0.29, 0.717) is 68.5 Å². The number of aryl methyl sites for hydroxylation is 1. The Labute approximate surface area is 296 Å². The molecule has 5 aliphatic rings. The van der Waals surface area contributed by atoms with E-state index in [0.717, 1.165) is 19.5 Å². The molecule has 2 atom stereocenters. The van der Waals surface area contributed by atoms with Crippen molar-refractivity contribution >= 4 is 39.6 Å². The number of carboxylic acid groups (broad SMARTS) is 1. The fraction of sp³-hybridized carbons (Fsp3) is 0.316. The number of pyridine rings is 2. The number of anilines is 2. The number of aromatic nitrogens is 3. The maximum absolute atomic E-state index is 15.8. The first-order valence-electron chi connectivity index (χ1n) is 17.0. The van der Waals surface area contributed by atoms with Gasteiger partial charge in [-0.1, -0.05) is 12.2 Å². The second kappa shape index (κ2) is 12.3. The highest BCUT2D eigenvalue weighted by Crippen LogP contribution is 2.51. The number of allylic oxidation sites excluding steroid dienone is 3. The standard InChI is InChI=1S/C38H34FN7O6/c1-5-19-6-7-22(37(48)49)35(47)23-10-21(13-42-32(19)23)25-15-45(17-29-18(2)51-38(50)52-29)36-31(34(25)46-9-8-20-14-44(4)16-28(20)46)30-24(12-40)26(39)11-27(41-3)33(30)43-36/h5,7,10-11,13,15,20,28,41H,6,8-9,14,16-17H2,1-4H3,(H,48,49)/b19-5-/t20-,28+/m0/s1. The van der Waals surface area contributed by atoms with Gasteiger partial charge >= 0.3 is 11.8 Å². The molecule has 3 aromatic rings. The van der Waals surface area contributed by atoms with E-state index in [9.17, 15) is 24.8 Å². The lowest BCUT2D eigenvalue weighted by Gasteiger charge is -2.32. The molecule has 2 saturated heterocycles. The van der Waals surface area contributed by atoms with E-state index < -0.39 is 23.4 Å². The zero-order valence-electron chi connectivity index (χ0n) is 28.9. The van der Waals surface area contributed by atoms with Crippen molar-refractivity contribution in [2.45, 2.75) is 39.3 Å². The normalized spacial score (nSPS) is 19.6. The Morgan fingerprint density at radius 3 is 2.73 bits per heavy atom. The zero-order chi connectivity index (χ0) is 36.6. The van der Waals surface area contributed by atoms with Gasteiger partial charge in [-0.25, -0.2) is 19.0 Å². The van der Waals surface area contributed by atoms with E-state index in [1.165, 1.54) is 12.1 Å². The van der Waals surface area contributed by atoms with Crippen molar-refractivity contribution in [3.63, 3.8) is 0 Å². The minimum atomic E-state index is -1.33. The van der Waals surface area contributed by atoms with Crippen molar-refractivity contribution in [2.75, 3.05) is 43.9 Å². The van der Waals surface area contributed by atoms with E-state index in [2.05, 4.69) is 28.2 Å². The van der Waals surface area contributed by atoms with Crippen molar-refractivity contribution in [2.24, 2.45) is 5.92 Å². The Bertz CT molecular complexity index is 2480. The summed E-state index contributed by atoms with van der Waals surface area (Å²) in [6.45, 7) is 5.75. The molecule has 8 rings (SSSR count). The lowest BCUT2D eigenvalue weighted by atomic mass is 9.93. The summed E-state index contributed by atoms with van der Waals surface area (Å²) in [7, 11) is 3.73. The van der Waals surface area contributed by atoms with Gasteiger partial charge in [0, 0.05) is 73.3 Å². The molecule has 6 heterocycles. The van der Waals surface area contributed by atoms with Crippen LogP contribution >= 0.6 is 0 Å². The van der Waals surface area contributed by atoms with Gasteiger partial charge in [0.15, 0.2) is 5.76 Å². The van der Waals surface area contributed by atoms with Crippen LogP contribution in [-0.4, -0.2) is 76.1 Å². The van der Waals surface area contributed by atoms with Gasteiger partial charge in [0.1, 0.15) is 29.0 Å². The second-order valence-corrected chi connectivity index (χ2v) is 13.6. The van der Waals surface area contributed by atoms with Crippen molar-refractivity contribution < 1.29 is 27.9 Å².